The molecule has 2 N–H and O–H groups in total. The monoisotopic (exact) mass is 577 g/mol. The molecule has 2 aromatic heterocycles. The van der Waals surface area contributed by atoms with Crippen molar-refractivity contribution in [3.8, 4) is 0 Å². The lowest BCUT2D eigenvalue weighted by atomic mass is 9.74. The summed E-state index contributed by atoms with van der Waals surface area (Å²) in [6, 6.07) is 11.3. The van der Waals surface area contributed by atoms with Crippen molar-refractivity contribution < 1.29 is 19.1 Å². The maximum absolute atomic E-state index is 16.0. The lowest BCUT2D eigenvalue weighted by molar-refractivity contribution is -0.128. The van der Waals surface area contributed by atoms with E-state index in [1.165, 1.54) is 6.20 Å². The molecule has 5 heterocycles. The minimum atomic E-state index is -1.23. The standard InChI is InChI=1S/C29H22Cl2FN5O3/c30-15-4-6-18-20(10-15)34-28(40)29(18)23(17-7-8-33-26(31)24(17)32)25-22(36(29)12-13-1-2-13)11-21-16-5-3-14(27(38)39)9-19(16)35-37(21)25/h3-10,13,22-23,25H,1-2,11-12H2,(H,34,40)(H,38,39)/t22-,23-,25+,29+/m0/s1. The normalized spacial score (nSPS) is 26.8. The van der Waals surface area contributed by atoms with E-state index >= 15 is 4.39 Å². The minimum absolute atomic E-state index is 0.142. The number of carbonyl (C=O) groups is 2. The quantitative estimate of drug-likeness (QED) is 0.315. The molecule has 4 atom stereocenters. The number of carbonyl (C=O) groups excluding carboxylic acids is 1. The van der Waals surface area contributed by atoms with E-state index < -0.39 is 29.3 Å². The molecule has 1 aliphatic carbocycles. The van der Waals surface area contributed by atoms with Crippen LogP contribution in [0, 0.1) is 11.7 Å². The van der Waals surface area contributed by atoms with Crippen LogP contribution in [-0.2, 0) is 16.8 Å². The molecule has 0 unspecified atom stereocenters. The lowest BCUT2D eigenvalue weighted by Gasteiger charge is -2.40. The zero-order chi connectivity index (χ0) is 27.5. The molecule has 2 fully saturated rings. The average molecular weight is 578 g/mol. The number of likely N-dealkylation sites (tertiary alicyclic amines) is 1. The second kappa shape index (κ2) is 8.25. The number of aromatic carboxylic acids is 1. The second-order valence-electron chi connectivity index (χ2n) is 11.2. The van der Waals surface area contributed by atoms with E-state index in [4.69, 9.17) is 28.3 Å². The van der Waals surface area contributed by atoms with Gasteiger partial charge < -0.3 is 10.4 Å². The van der Waals surface area contributed by atoms with E-state index in [-0.39, 0.29) is 22.7 Å². The highest BCUT2D eigenvalue weighted by molar-refractivity contribution is 6.31. The summed E-state index contributed by atoms with van der Waals surface area (Å²) >= 11 is 12.6. The second-order valence-corrected chi connectivity index (χ2v) is 12.0. The number of carboxylic acids is 1. The van der Waals surface area contributed by atoms with Gasteiger partial charge in [-0.05, 0) is 49.1 Å². The van der Waals surface area contributed by atoms with Crippen molar-refractivity contribution in [1.82, 2.24) is 19.7 Å². The third kappa shape index (κ3) is 3.11. The molecular weight excluding hydrogens is 556 g/mol. The minimum Gasteiger partial charge on any atom is -0.478 e. The van der Waals surface area contributed by atoms with Crippen LogP contribution < -0.4 is 5.32 Å². The van der Waals surface area contributed by atoms with Crippen molar-refractivity contribution in [3.05, 3.63) is 87.0 Å². The van der Waals surface area contributed by atoms with E-state index in [9.17, 15) is 14.7 Å². The van der Waals surface area contributed by atoms with Gasteiger partial charge in [-0.25, -0.2) is 14.2 Å². The first kappa shape index (κ1) is 24.3. The number of pyridine rings is 1. The SMILES string of the molecule is O=C(O)c1ccc2c3n(nc2c1)[C@@H]1[C@H](C3)N(CC2CC2)[C@@]2(C(=O)Nc3cc(Cl)ccc32)[C@H]1c1ccnc(Cl)c1F. The Bertz CT molecular complexity index is 1790. The van der Waals surface area contributed by atoms with Crippen molar-refractivity contribution >= 4 is 51.7 Å². The average Bonchev–Trinajstić information content (AvgIpc) is 3.37. The number of nitrogens with zero attached hydrogens (tertiary/aromatic N) is 4. The van der Waals surface area contributed by atoms with Gasteiger partial charge >= 0.3 is 5.97 Å². The van der Waals surface area contributed by atoms with Crippen LogP contribution in [0.15, 0.2) is 48.7 Å². The van der Waals surface area contributed by atoms with Gasteiger partial charge in [-0.2, -0.15) is 5.10 Å². The number of hydrogen-bond donors (Lipinski definition) is 2. The fourth-order valence-electron chi connectivity index (χ4n) is 7.39. The largest absolute Gasteiger partial charge is 0.478 e. The van der Waals surface area contributed by atoms with Gasteiger partial charge in [0.15, 0.2) is 11.0 Å². The molecule has 11 heteroatoms. The summed E-state index contributed by atoms with van der Waals surface area (Å²) in [5.41, 5.74) is 2.07. The zero-order valence-electron chi connectivity index (χ0n) is 20.9. The molecule has 0 radical (unpaired) electrons. The summed E-state index contributed by atoms with van der Waals surface area (Å²) in [6.07, 6.45) is 4.20. The smallest absolute Gasteiger partial charge is 0.335 e. The van der Waals surface area contributed by atoms with E-state index in [0.717, 1.165) is 29.5 Å². The number of fused-ring (bicyclic) bond motifs is 7. The Morgan fingerprint density at radius 3 is 2.77 bits per heavy atom. The van der Waals surface area contributed by atoms with Crippen LogP contribution in [0.2, 0.25) is 10.2 Å². The Morgan fingerprint density at radius 2 is 2.00 bits per heavy atom. The Morgan fingerprint density at radius 1 is 1.18 bits per heavy atom. The van der Waals surface area contributed by atoms with Crippen molar-refractivity contribution in [1.29, 1.82) is 0 Å². The molecule has 2 aromatic carbocycles. The third-order valence-corrected chi connectivity index (χ3v) is 9.62. The summed E-state index contributed by atoms with van der Waals surface area (Å²) in [5.74, 6) is -2.19. The molecule has 4 aromatic rings. The van der Waals surface area contributed by atoms with Crippen molar-refractivity contribution in [3.63, 3.8) is 0 Å². The van der Waals surface area contributed by atoms with E-state index in [2.05, 4.69) is 15.2 Å². The van der Waals surface area contributed by atoms with Crippen molar-refractivity contribution in [2.45, 2.75) is 42.8 Å². The number of anilines is 1. The summed E-state index contributed by atoms with van der Waals surface area (Å²) in [6.45, 7) is 0.680. The Hall–Kier alpha value is -3.53. The number of halogens is 3. The van der Waals surface area contributed by atoms with Gasteiger partial charge in [0, 0.05) is 64.0 Å². The summed E-state index contributed by atoms with van der Waals surface area (Å²) in [4.78, 5) is 32.2. The fourth-order valence-corrected chi connectivity index (χ4v) is 7.73. The first-order valence-corrected chi connectivity index (χ1v) is 14.0. The van der Waals surface area contributed by atoms with Gasteiger partial charge in [0.1, 0.15) is 5.54 Å². The first-order valence-electron chi connectivity index (χ1n) is 13.2. The van der Waals surface area contributed by atoms with Crippen LogP contribution in [0.1, 0.15) is 52.0 Å². The van der Waals surface area contributed by atoms with Crippen LogP contribution >= 0.6 is 23.2 Å². The molecule has 1 spiro atoms. The van der Waals surface area contributed by atoms with Crippen molar-refractivity contribution in [2.24, 2.45) is 5.92 Å². The van der Waals surface area contributed by atoms with Crippen LogP contribution in [0.25, 0.3) is 10.9 Å². The molecule has 8 nitrogen and oxygen atoms in total. The van der Waals surface area contributed by atoms with E-state index in [1.54, 1.807) is 36.4 Å². The molecule has 1 amide bonds. The molecule has 202 valence electrons. The molecule has 1 saturated heterocycles. The Balaban J connectivity index is 1.42. The molecule has 1 saturated carbocycles. The first-order chi connectivity index (χ1) is 19.3. The predicted molar refractivity (Wildman–Crippen MR) is 146 cm³/mol. The van der Waals surface area contributed by atoms with Crippen LogP contribution in [0.3, 0.4) is 0 Å². The summed E-state index contributed by atoms with van der Waals surface area (Å²) < 4.78 is 17.9. The highest BCUT2D eigenvalue weighted by atomic mass is 35.5. The van der Waals surface area contributed by atoms with Gasteiger partial charge in [-0.15, -0.1) is 0 Å². The fraction of sp³-hybridized carbons (Fsp3) is 0.310. The van der Waals surface area contributed by atoms with Crippen LogP contribution in [-0.4, -0.2) is 49.2 Å². The number of hydrogen-bond acceptors (Lipinski definition) is 5. The number of benzene rings is 2. The topological polar surface area (TPSA) is 100 Å². The maximum atomic E-state index is 16.0. The van der Waals surface area contributed by atoms with Crippen LogP contribution in [0.5, 0.6) is 0 Å². The van der Waals surface area contributed by atoms with Gasteiger partial charge in [-0.3, -0.25) is 14.4 Å². The highest BCUT2D eigenvalue weighted by Crippen LogP contribution is 2.64. The van der Waals surface area contributed by atoms with Crippen LogP contribution in [0.4, 0.5) is 10.1 Å². The number of rotatable bonds is 4. The van der Waals surface area contributed by atoms with E-state index in [0.29, 0.717) is 40.7 Å². The number of nitrogens with one attached hydrogen (secondary N) is 1. The number of amides is 1. The number of carboxylic acid groups (broad SMARTS) is 1. The molecule has 3 aliphatic heterocycles. The summed E-state index contributed by atoms with van der Waals surface area (Å²) in [7, 11) is 0. The Labute approximate surface area is 237 Å². The van der Waals surface area contributed by atoms with Gasteiger partial charge in [0.2, 0.25) is 5.91 Å². The zero-order valence-corrected chi connectivity index (χ0v) is 22.5. The molecule has 8 rings (SSSR count). The lowest BCUT2D eigenvalue weighted by Crippen LogP contribution is -2.53. The molecule has 40 heavy (non-hydrogen) atoms. The van der Waals surface area contributed by atoms with Crippen molar-refractivity contribution in [2.75, 3.05) is 11.9 Å². The van der Waals surface area contributed by atoms with Gasteiger partial charge in [-0.1, -0.05) is 35.3 Å². The highest BCUT2D eigenvalue weighted by Gasteiger charge is 2.69. The third-order valence-electron chi connectivity index (χ3n) is 9.12. The maximum Gasteiger partial charge on any atom is 0.335 e. The van der Waals surface area contributed by atoms with Gasteiger partial charge in [0.25, 0.3) is 0 Å². The summed E-state index contributed by atoms with van der Waals surface area (Å²) in [5, 5.41) is 18.6. The molecule has 0 bridgehead atoms. The Kier molecular flexibility index (Phi) is 5.01. The van der Waals surface area contributed by atoms with Gasteiger partial charge in [0.05, 0.1) is 17.1 Å². The van der Waals surface area contributed by atoms with E-state index in [1.807, 2.05) is 10.7 Å². The predicted octanol–water partition coefficient (Wildman–Crippen LogP) is 5.40. The molecular formula is C29H22Cl2FN5O3. The number of aromatic nitrogens is 3. The molecule has 4 aliphatic rings.